The first-order valence-corrected chi connectivity index (χ1v) is 7.38. The molecule has 0 unspecified atom stereocenters. The van der Waals surface area contributed by atoms with Crippen LogP contribution in [0.15, 0.2) is 24.3 Å². The molecule has 0 bridgehead atoms. The lowest BCUT2D eigenvalue weighted by Crippen LogP contribution is -2.36. The summed E-state index contributed by atoms with van der Waals surface area (Å²) in [4.78, 5) is 4.59. The lowest BCUT2D eigenvalue weighted by Gasteiger charge is -2.08. The van der Waals surface area contributed by atoms with Crippen LogP contribution in [-0.4, -0.2) is 23.2 Å². The maximum Gasteiger partial charge on any atom is 0.166 e. The molecule has 2 aromatic rings. The zero-order valence-electron chi connectivity index (χ0n) is 10.4. The molecule has 0 aliphatic heterocycles. The van der Waals surface area contributed by atoms with Crippen molar-refractivity contribution in [2.45, 2.75) is 19.8 Å². The molecule has 1 heterocycles. The quantitative estimate of drug-likeness (QED) is 0.825. The number of thiazole rings is 1. The fraction of sp³-hybridized carbons (Fsp3) is 0.385. The molecule has 0 fully saturated rings. The molecular weight excluding hydrogens is 262 g/mol. The Morgan fingerprint density at radius 2 is 2.06 bits per heavy atom. The first kappa shape index (κ1) is 13.2. The Morgan fingerprint density at radius 1 is 1.28 bits per heavy atom. The molecule has 1 aromatic heterocycles. The van der Waals surface area contributed by atoms with Gasteiger partial charge in [0.05, 0.1) is 15.2 Å². The summed E-state index contributed by atoms with van der Waals surface area (Å²) in [5.41, 5.74) is 1.09. The number of para-hydroxylation sites is 1. The summed E-state index contributed by atoms with van der Waals surface area (Å²) in [5, 5.41) is 8.23. The minimum Gasteiger partial charge on any atom is -0.363 e. The molecule has 0 aliphatic carbocycles. The maximum atomic E-state index is 5.16. The number of benzene rings is 1. The second kappa shape index (κ2) is 6.66. The van der Waals surface area contributed by atoms with E-state index in [0.29, 0.717) is 0 Å². The third kappa shape index (κ3) is 3.65. The Balaban J connectivity index is 1.81. The van der Waals surface area contributed by atoms with Crippen LogP contribution in [0.5, 0.6) is 0 Å². The minimum atomic E-state index is 0.734. The maximum absolute atomic E-state index is 5.16. The van der Waals surface area contributed by atoms with E-state index in [2.05, 4.69) is 34.7 Å². The first-order valence-electron chi connectivity index (χ1n) is 6.15. The van der Waals surface area contributed by atoms with E-state index < -0.39 is 0 Å². The average molecular weight is 279 g/mol. The van der Waals surface area contributed by atoms with E-state index in [4.69, 9.17) is 12.2 Å². The van der Waals surface area contributed by atoms with Crippen LogP contribution >= 0.6 is 23.6 Å². The number of fused-ring (bicyclic) bond motifs is 1. The molecule has 0 radical (unpaired) electrons. The highest BCUT2D eigenvalue weighted by molar-refractivity contribution is 7.80. The summed E-state index contributed by atoms with van der Waals surface area (Å²) >= 11 is 6.91. The number of nitrogens with one attached hydrogen (secondary N) is 2. The molecule has 0 saturated carbocycles. The molecule has 96 valence electrons. The second-order valence-corrected chi connectivity index (χ2v) is 5.53. The highest BCUT2D eigenvalue weighted by Gasteiger charge is 2.02. The molecule has 0 spiro atoms. The number of hydrogen-bond donors (Lipinski definition) is 2. The molecule has 0 atom stereocenters. The molecule has 0 aliphatic rings. The van der Waals surface area contributed by atoms with Crippen molar-refractivity contribution in [1.82, 2.24) is 15.6 Å². The van der Waals surface area contributed by atoms with E-state index in [-0.39, 0.29) is 0 Å². The van der Waals surface area contributed by atoms with Crippen molar-refractivity contribution in [3.8, 4) is 0 Å². The van der Waals surface area contributed by atoms with Gasteiger partial charge in [0, 0.05) is 19.5 Å². The van der Waals surface area contributed by atoms with Gasteiger partial charge in [0.1, 0.15) is 0 Å². The van der Waals surface area contributed by atoms with E-state index in [1.807, 2.05) is 12.1 Å². The van der Waals surface area contributed by atoms with Crippen LogP contribution in [0.2, 0.25) is 0 Å². The number of hydrogen-bond acceptors (Lipinski definition) is 3. The van der Waals surface area contributed by atoms with Crippen molar-refractivity contribution >= 4 is 38.9 Å². The van der Waals surface area contributed by atoms with Gasteiger partial charge in [0.25, 0.3) is 0 Å². The van der Waals surface area contributed by atoms with Gasteiger partial charge in [-0.25, -0.2) is 4.98 Å². The van der Waals surface area contributed by atoms with Crippen LogP contribution < -0.4 is 10.6 Å². The van der Waals surface area contributed by atoms with Gasteiger partial charge in [0.2, 0.25) is 0 Å². The summed E-state index contributed by atoms with van der Waals surface area (Å²) < 4.78 is 1.25. The van der Waals surface area contributed by atoms with Crippen molar-refractivity contribution in [2.75, 3.05) is 13.1 Å². The number of nitrogens with zero attached hydrogens (tertiary/aromatic N) is 1. The standard InChI is InChI=1S/C13H17N3S2/c1-2-8-14-13(17)15-9-7-12-16-10-5-3-4-6-11(10)18-12/h3-6H,2,7-9H2,1H3,(H2,14,15,17). The van der Waals surface area contributed by atoms with E-state index in [1.165, 1.54) is 4.70 Å². The summed E-state index contributed by atoms with van der Waals surface area (Å²) in [6.45, 7) is 3.87. The Bertz CT molecular complexity index is 489. The van der Waals surface area contributed by atoms with Gasteiger partial charge in [-0.15, -0.1) is 11.3 Å². The van der Waals surface area contributed by atoms with Gasteiger partial charge < -0.3 is 10.6 Å². The topological polar surface area (TPSA) is 37.0 Å². The molecule has 0 amide bonds. The summed E-state index contributed by atoms with van der Waals surface area (Å²) in [6.07, 6.45) is 1.99. The predicted octanol–water partition coefficient (Wildman–Crippen LogP) is 2.71. The van der Waals surface area contributed by atoms with E-state index >= 15 is 0 Å². The lowest BCUT2D eigenvalue weighted by atomic mass is 10.3. The molecule has 2 rings (SSSR count). The van der Waals surface area contributed by atoms with Crippen molar-refractivity contribution < 1.29 is 0 Å². The minimum absolute atomic E-state index is 0.734. The number of thiocarbonyl (C=S) groups is 1. The van der Waals surface area contributed by atoms with Gasteiger partial charge in [-0.2, -0.15) is 0 Å². The fourth-order valence-electron chi connectivity index (χ4n) is 1.61. The van der Waals surface area contributed by atoms with Gasteiger partial charge >= 0.3 is 0 Å². The zero-order valence-corrected chi connectivity index (χ0v) is 12.0. The highest BCUT2D eigenvalue weighted by Crippen LogP contribution is 2.21. The van der Waals surface area contributed by atoms with Crippen LogP contribution in [0.25, 0.3) is 10.2 Å². The lowest BCUT2D eigenvalue weighted by molar-refractivity contribution is 0.789. The smallest absolute Gasteiger partial charge is 0.166 e. The number of rotatable bonds is 5. The van der Waals surface area contributed by atoms with Crippen LogP contribution in [0.1, 0.15) is 18.4 Å². The second-order valence-electron chi connectivity index (χ2n) is 4.01. The zero-order chi connectivity index (χ0) is 12.8. The molecule has 2 N–H and O–H groups in total. The van der Waals surface area contributed by atoms with Gasteiger partial charge in [0.15, 0.2) is 5.11 Å². The fourth-order valence-corrected chi connectivity index (χ4v) is 2.78. The highest BCUT2D eigenvalue weighted by atomic mass is 32.1. The van der Waals surface area contributed by atoms with Crippen molar-refractivity contribution in [3.05, 3.63) is 29.3 Å². The normalized spacial score (nSPS) is 10.5. The summed E-state index contributed by atoms with van der Waals surface area (Å²) in [6, 6.07) is 8.23. The number of aromatic nitrogens is 1. The van der Waals surface area contributed by atoms with Gasteiger partial charge in [-0.05, 0) is 30.8 Å². The Kier molecular flexibility index (Phi) is 4.90. The molecular formula is C13H17N3S2. The molecule has 18 heavy (non-hydrogen) atoms. The van der Waals surface area contributed by atoms with Gasteiger partial charge in [-0.1, -0.05) is 19.1 Å². The third-order valence-corrected chi connectivity index (χ3v) is 3.88. The largest absolute Gasteiger partial charge is 0.363 e. The van der Waals surface area contributed by atoms with E-state index in [0.717, 1.165) is 41.6 Å². The Hall–Kier alpha value is -1.20. The van der Waals surface area contributed by atoms with Crippen molar-refractivity contribution in [1.29, 1.82) is 0 Å². The van der Waals surface area contributed by atoms with Crippen LogP contribution in [-0.2, 0) is 6.42 Å². The third-order valence-electron chi connectivity index (χ3n) is 2.50. The predicted molar refractivity (Wildman–Crippen MR) is 82.2 cm³/mol. The van der Waals surface area contributed by atoms with E-state index in [9.17, 15) is 0 Å². The van der Waals surface area contributed by atoms with Gasteiger partial charge in [-0.3, -0.25) is 0 Å². The van der Waals surface area contributed by atoms with Crippen LogP contribution in [0, 0.1) is 0 Å². The summed E-state index contributed by atoms with van der Waals surface area (Å²) in [5.74, 6) is 0. The molecule has 3 nitrogen and oxygen atoms in total. The molecule has 1 aromatic carbocycles. The Labute approximate surface area is 117 Å². The average Bonchev–Trinajstić information content (AvgIpc) is 2.79. The van der Waals surface area contributed by atoms with Crippen LogP contribution in [0.3, 0.4) is 0 Å². The monoisotopic (exact) mass is 279 g/mol. The molecule has 0 saturated heterocycles. The molecule has 5 heteroatoms. The summed E-state index contributed by atoms with van der Waals surface area (Å²) in [7, 11) is 0. The Morgan fingerprint density at radius 3 is 2.83 bits per heavy atom. The van der Waals surface area contributed by atoms with Crippen LogP contribution in [0.4, 0.5) is 0 Å². The van der Waals surface area contributed by atoms with Crippen molar-refractivity contribution in [3.63, 3.8) is 0 Å². The first-order chi connectivity index (χ1) is 8.79. The van der Waals surface area contributed by atoms with Crippen molar-refractivity contribution in [2.24, 2.45) is 0 Å². The van der Waals surface area contributed by atoms with E-state index in [1.54, 1.807) is 11.3 Å². The SMILES string of the molecule is CCCNC(=S)NCCc1nc2ccccc2s1.